The van der Waals surface area contributed by atoms with Crippen LogP contribution in [0.3, 0.4) is 0 Å². The summed E-state index contributed by atoms with van der Waals surface area (Å²) >= 11 is 1.70. The van der Waals surface area contributed by atoms with Crippen molar-refractivity contribution in [3.8, 4) is 22.9 Å². The van der Waals surface area contributed by atoms with E-state index in [1.54, 1.807) is 41.7 Å². The number of nitriles is 1. The molecule has 0 aliphatic rings. The predicted molar refractivity (Wildman–Crippen MR) is 81.4 cm³/mol. The molecule has 0 radical (unpaired) electrons. The average Bonchev–Trinajstić information content (AvgIpc) is 2.39. The highest BCUT2D eigenvalue weighted by molar-refractivity contribution is 14.1. The summed E-state index contributed by atoms with van der Waals surface area (Å²) in [6.45, 7) is 1.65. The van der Waals surface area contributed by atoms with E-state index in [4.69, 9.17) is 5.26 Å². The summed E-state index contributed by atoms with van der Waals surface area (Å²) in [5.74, 6) is -0.336. The Morgan fingerprint density at radius 1 is 1.32 bits per heavy atom. The van der Waals surface area contributed by atoms with Gasteiger partial charge in [0.15, 0.2) is 0 Å². The molecule has 0 spiro atoms. The summed E-state index contributed by atoms with van der Waals surface area (Å²) in [5, 5.41) is 9.08. The van der Waals surface area contributed by atoms with E-state index in [2.05, 4.69) is 9.72 Å². The lowest BCUT2D eigenvalue weighted by molar-refractivity contribution is -0.274. The van der Waals surface area contributed by atoms with Crippen LogP contribution in [0.1, 0.15) is 11.3 Å². The van der Waals surface area contributed by atoms with Crippen molar-refractivity contribution in [1.82, 2.24) is 4.98 Å². The normalized spacial score (nSPS) is 11.1. The SMILES string of the molecule is Cc1cc(-c2ccc(OC(F)(F)F)c(I)c2)c(C#N)c(=O)[nH]1. The number of halogens is 4. The number of pyridine rings is 1. The number of ether oxygens (including phenoxy) is 1. The maximum absolute atomic E-state index is 12.3. The largest absolute Gasteiger partial charge is 0.573 e. The van der Waals surface area contributed by atoms with E-state index in [9.17, 15) is 18.0 Å². The molecule has 1 heterocycles. The highest BCUT2D eigenvalue weighted by atomic mass is 127. The minimum absolute atomic E-state index is 0.0918. The van der Waals surface area contributed by atoms with Crippen LogP contribution in [0.25, 0.3) is 11.1 Å². The van der Waals surface area contributed by atoms with E-state index < -0.39 is 11.9 Å². The third-order valence-corrected chi connectivity index (χ3v) is 3.59. The van der Waals surface area contributed by atoms with Crippen molar-refractivity contribution in [3.05, 3.63) is 49.4 Å². The smallest absolute Gasteiger partial charge is 0.405 e. The number of H-pyrrole nitrogens is 1. The van der Waals surface area contributed by atoms with Gasteiger partial charge in [-0.3, -0.25) is 4.79 Å². The molecule has 0 amide bonds. The summed E-state index contributed by atoms with van der Waals surface area (Å²) in [4.78, 5) is 14.3. The Balaban J connectivity index is 2.55. The van der Waals surface area contributed by atoms with Gasteiger partial charge in [0, 0.05) is 11.3 Å². The van der Waals surface area contributed by atoms with Crippen LogP contribution in [-0.4, -0.2) is 11.3 Å². The molecule has 0 atom stereocenters. The van der Waals surface area contributed by atoms with Gasteiger partial charge in [0.05, 0.1) is 3.57 Å². The van der Waals surface area contributed by atoms with E-state index in [0.29, 0.717) is 16.8 Å². The number of benzene rings is 1. The maximum Gasteiger partial charge on any atom is 0.573 e. The fourth-order valence-corrected chi connectivity index (χ4v) is 2.53. The molecular formula is C14H8F3IN2O2. The number of hydrogen-bond donors (Lipinski definition) is 1. The second-order valence-electron chi connectivity index (χ2n) is 4.37. The molecule has 0 bridgehead atoms. The summed E-state index contributed by atoms with van der Waals surface area (Å²) in [5.41, 5.74) is 0.739. The van der Waals surface area contributed by atoms with Crippen LogP contribution >= 0.6 is 22.6 Å². The van der Waals surface area contributed by atoms with E-state index in [-0.39, 0.29) is 14.9 Å². The standard InChI is InChI=1S/C14H8F3IN2O2/c1-7-4-9(10(6-19)13(21)20-7)8-2-3-12(11(18)5-8)22-14(15,16)17/h2-5H,1H3,(H,20,21). The Labute approximate surface area is 136 Å². The van der Waals surface area contributed by atoms with Gasteiger partial charge in [-0.15, -0.1) is 13.2 Å². The van der Waals surface area contributed by atoms with E-state index in [1.807, 2.05) is 0 Å². The second kappa shape index (κ2) is 6.00. The van der Waals surface area contributed by atoms with Gasteiger partial charge in [-0.2, -0.15) is 5.26 Å². The van der Waals surface area contributed by atoms with Crippen LogP contribution in [0.4, 0.5) is 13.2 Å². The van der Waals surface area contributed by atoms with E-state index in [0.717, 1.165) is 6.07 Å². The van der Waals surface area contributed by atoms with Crippen molar-refractivity contribution in [2.75, 3.05) is 0 Å². The zero-order valence-corrected chi connectivity index (χ0v) is 13.2. The second-order valence-corrected chi connectivity index (χ2v) is 5.54. The van der Waals surface area contributed by atoms with E-state index in [1.165, 1.54) is 12.1 Å². The van der Waals surface area contributed by atoms with Crippen LogP contribution in [0.2, 0.25) is 0 Å². The maximum atomic E-state index is 12.3. The van der Waals surface area contributed by atoms with Crippen molar-refractivity contribution in [2.45, 2.75) is 13.3 Å². The van der Waals surface area contributed by atoms with Crippen molar-refractivity contribution < 1.29 is 17.9 Å². The topological polar surface area (TPSA) is 65.9 Å². The molecule has 1 N–H and O–H groups in total. The van der Waals surface area contributed by atoms with Gasteiger partial charge in [0.25, 0.3) is 5.56 Å². The van der Waals surface area contributed by atoms with Gasteiger partial charge in [-0.05, 0) is 53.3 Å². The zero-order valence-electron chi connectivity index (χ0n) is 11.1. The van der Waals surface area contributed by atoms with Crippen LogP contribution < -0.4 is 10.3 Å². The molecule has 2 rings (SSSR count). The van der Waals surface area contributed by atoms with Gasteiger partial charge in [-0.25, -0.2) is 0 Å². The lowest BCUT2D eigenvalue weighted by Crippen LogP contribution is -2.17. The minimum Gasteiger partial charge on any atom is -0.405 e. The lowest BCUT2D eigenvalue weighted by Gasteiger charge is -2.12. The van der Waals surface area contributed by atoms with Gasteiger partial charge in [-0.1, -0.05) is 6.07 Å². The third kappa shape index (κ3) is 3.59. The minimum atomic E-state index is -4.78. The van der Waals surface area contributed by atoms with Crippen LogP contribution in [0, 0.1) is 21.8 Å². The number of aryl methyl sites for hydroxylation is 1. The number of nitrogens with one attached hydrogen (secondary N) is 1. The van der Waals surface area contributed by atoms with Crippen LogP contribution in [0.5, 0.6) is 5.75 Å². The highest BCUT2D eigenvalue weighted by Crippen LogP contribution is 2.32. The first-order valence-electron chi connectivity index (χ1n) is 5.91. The summed E-state index contributed by atoms with van der Waals surface area (Å²) < 4.78 is 40.9. The molecule has 0 aliphatic carbocycles. The average molecular weight is 420 g/mol. The first-order valence-corrected chi connectivity index (χ1v) is 6.99. The third-order valence-electron chi connectivity index (χ3n) is 2.75. The van der Waals surface area contributed by atoms with E-state index >= 15 is 0 Å². The lowest BCUT2D eigenvalue weighted by atomic mass is 10.0. The van der Waals surface area contributed by atoms with Crippen molar-refractivity contribution in [2.24, 2.45) is 0 Å². The first-order chi connectivity index (χ1) is 10.2. The Morgan fingerprint density at radius 2 is 2.00 bits per heavy atom. The molecule has 0 saturated carbocycles. The number of aromatic amines is 1. The number of aromatic nitrogens is 1. The Morgan fingerprint density at radius 3 is 2.55 bits per heavy atom. The molecule has 22 heavy (non-hydrogen) atoms. The number of nitrogens with zero attached hydrogens (tertiary/aromatic N) is 1. The molecule has 0 aliphatic heterocycles. The molecule has 0 unspecified atom stereocenters. The molecule has 1 aromatic carbocycles. The molecule has 0 fully saturated rings. The molecule has 1 aromatic heterocycles. The van der Waals surface area contributed by atoms with Crippen LogP contribution in [-0.2, 0) is 0 Å². The zero-order chi connectivity index (χ0) is 16.5. The number of hydrogen-bond acceptors (Lipinski definition) is 3. The van der Waals surface area contributed by atoms with Crippen molar-refractivity contribution in [3.63, 3.8) is 0 Å². The molecule has 0 saturated heterocycles. The summed E-state index contributed by atoms with van der Waals surface area (Å²) in [6.07, 6.45) is -4.78. The number of rotatable bonds is 2. The summed E-state index contributed by atoms with van der Waals surface area (Å²) in [6, 6.07) is 7.35. The molecule has 2 aromatic rings. The quantitative estimate of drug-likeness (QED) is 0.754. The fourth-order valence-electron chi connectivity index (χ4n) is 1.90. The van der Waals surface area contributed by atoms with Gasteiger partial charge in [0.1, 0.15) is 17.4 Å². The van der Waals surface area contributed by atoms with Gasteiger partial charge < -0.3 is 9.72 Å². The van der Waals surface area contributed by atoms with Gasteiger partial charge >= 0.3 is 6.36 Å². The number of alkyl halides is 3. The van der Waals surface area contributed by atoms with Gasteiger partial charge in [0.2, 0.25) is 0 Å². The molecule has 8 heteroatoms. The molecule has 4 nitrogen and oxygen atoms in total. The Bertz CT molecular complexity index is 822. The monoisotopic (exact) mass is 420 g/mol. The molecular weight excluding hydrogens is 412 g/mol. The summed E-state index contributed by atoms with van der Waals surface area (Å²) in [7, 11) is 0. The fraction of sp³-hybridized carbons (Fsp3) is 0.143. The molecule has 114 valence electrons. The first kappa shape index (κ1) is 16.4. The van der Waals surface area contributed by atoms with Crippen LogP contribution in [0.15, 0.2) is 29.1 Å². The highest BCUT2D eigenvalue weighted by Gasteiger charge is 2.32. The predicted octanol–water partition coefficient (Wildman–Crippen LogP) is 3.73. The Hall–Kier alpha value is -2.02. The Kier molecular flexibility index (Phi) is 4.46. The van der Waals surface area contributed by atoms with Crippen molar-refractivity contribution in [1.29, 1.82) is 5.26 Å². The van der Waals surface area contributed by atoms with Crippen molar-refractivity contribution >= 4 is 22.6 Å².